The van der Waals surface area contributed by atoms with E-state index < -0.39 is 0 Å². The summed E-state index contributed by atoms with van der Waals surface area (Å²) in [7, 11) is 3.35. The Balaban J connectivity index is 2.14. The monoisotopic (exact) mass is 117 g/mol. The van der Waals surface area contributed by atoms with E-state index in [0.29, 0.717) is 6.10 Å². The normalized spacial score (nSPS) is 31.3. The van der Waals surface area contributed by atoms with E-state index in [9.17, 15) is 0 Å². The minimum atomic E-state index is 0.449. The molecule has 1 fully saturated rings. The first-order valence-electron chi connectivity index (χ1n) is 2.42. The van der Waals surface area contributed by atoms with Gasteiger partial charge in [0.05, 0.1) is 13.2 Å². The maximum Gasteiger partial charge on any atom is 0.0704 e. The van der Waals surface area contributed by atoms with Gasteiger partial charge in [-0.15, -0.1) is 0 Å². The van der Waals surface area contributed by atoms with Crippen LogP contribution in [-0.2, 0) is 4.74 Å². The van der Waals surface area contributed by atoms with Crippen LogP contribution in [0.2, 0.25) is 0 Å². The van der Waals surface area contributed by atoms with E-state index in [-0.39, 0.29) is 0 Å². The van der Waals surface area contributed by atoms with Gasteiger partial charge in [-0.05, 0) is 12.2 Å². The lowest BCUT2D eigenvalue weighted by atomic mass is 10.3. The molecule has 0 N–H and O–H groups in total. The molecule has 2 heteroatoms. The second-order valence-electron chi connectivity index (χ2n) is 1.65. The highest BCUT2D eigenvalue weighted by molar-refractivity contribution is 7.99. The highest BCUT2D eigenvalue weighted by Crippen LogP contribution is 2.18. The maximum atomic E-state index is 4.84. The minimum absolute atomic E-state index is 0.449. The van der Waals surface area contributed by atoms with Crippen LogP contribution in [-0.4, -0.2) is 17.6 Å². The van der Waals surface area contributed by atoms with Crippen molar-refractivity contribution in [2.45, 2.75) is 12.5 Å². The zero-order valence-electron chi connectivity index (χ0n) is 4.22. The highest BCUT2D eigenvalue weighted by Gasteiger charge is 2.12. The van der Waals surface area contributed by atoms with E-state index in [2.05, 4.69) is 7.11 Å². The van der Waals surface area contributed by atoms with Crippen molar-refractivity contribution in [3.05, 3.63) is 7.11 Å². The fraction of sp³-hybridized carbons (Fsp3) is 0.800. The van der Waals surface area contributed by atoms with Crippen LogP contribution in [0.3, 0.4) is 0 Å². The van der Waals surface area contributed by atoms with Gasteiger partial charge >= 0.3 is 0 Å². The molecule has 7 heavy (non-hydrogen) atoms. The van der Waals surface area contributed by atoms with Gasteiger partial charge in [0.1, 0.15) is 0 Å². The van der Waals surface area contributed by atoms with Crippen molar-refractivity contribution in [1.29, 1.82) is 0 Å². The summed E-state index contributed by atoms with van der Waals surface area (Å²) in [5, 5.41) is 0. The Morgan fingerprint density at radius 2 is 2.57 bits per heavy atom. The SMILES string of the molecule is [CH2]OC1CCSC1. The Morgan fingerprint density at radius 3 is 2.86 bits per heavy atom. The lowest BCUT2D eigenvalue weighted by Crippen LogP contribution is -2.05. The van der Waals surface area contributed by atoms with Crippen LogP contribution in [0.4, 0.5) is 0 Å². The number of thioether (sulfide) groups is 1. The highest BCUT2D eigenvalue weighted by atomic mass is 32.2. The average Bonchev–Trinajstić information content (AvgIpc) is 2.14. The van der Waals surface area contributed by atoms with Crippen molar-refractivity contribution < 1.29 is 4.74 Å². The van der Waals surface area contributed by atoms with Crippen LogP contribution in [0.5, 0.6) is 0 Å². The van der Waals surface area contributed by atoms with Crippen LogP contribution in [0, 0.1) is 7.11 Å². The molecule has 0 spiro atoms. The summed E-state index contributed by atoms with van der Waals surface area (Å²) in [6.45, 7) is 0. The molecule has 1 aliphatic heterocycles. The summed E-state index contributed by atoms with van der Waals surface area (Å²) < 4.78 is 4.84. The molecule has 1 radical (unpaired) electrons. The third-order valence-electron chi connectivity index (χ3n) is 1.12. The minimum Gasteiger partial charge on any atom is -0.375 e. The molecule has 0 bridgehead atoms. The first kappa shape index (κ1) is 5.45. The summed E-state index contributed by atoms with van der Waals surface area (Å²) in [4.78, 5) is 0. The predicted octanol–water partition coefficient (Wildman–Crippen LogP) is 1.30. The molecule has 1 nitrogen and oxygen atoms in total. The molecular formula is C5H9OS. The van der Waals surface area contributed by atoms with Crippen molar-refractivity contribution in [2.75, 3.05) is 11.5 Å². The molecule has 1 rings (SSSR count). The molecule has 41 valence electrons. The molecule has 0 aromatic rings. The van der Waals surface area contributed by atoms with Gasteiger partial charge in [0.2, 0.25) is 0 Å². The third kappa shape index (κ3) is 1.35. The van der Waals surface area contributed by atoms with Gasteiger partial charge in [-0.1, -0.05) is 0 Å². The van der Waals surface area contributed by atoms with Crippen molar-refractivity contribution in [3.63, 3.8) is 0 Å². The maximum absolute atomic E-state index is 4.84. The number of hydrogen-bond acceptors (Lipinski definition) is 2. The van der Waals surface area contributed by atoms with Crippen LogP contribution < -0.4 is 0 Å². The lowest BCUT2D eigenvalue weighted by molar-refractivity contribution is 0.162. The second-order valence-corrected chi connectivity index (χ2v) is 2.80. The van der Waals surface area contributed by atoms with Crippen LogP contribution >= 0.6 is 11.8 Å². The van der Waals surface area contributed by atoms with E-state index >= 15 is 0 Å². The van der Waals surface area contributed by atoms with Crippen molar-refractivity contribution in [3.8, 4) is 0 Å². The average molecular weight is 117 g/mol. The van der Waals surface area contributed by atoms with Crippen molar-refractivity contribution >= 4 is 11.8 Å². The van der Waals surface area contributed by atoms with E-state index in [0.717, 1.165) is 5.75 Å². The van der Waals surface area contributed by atoms with Crippen molar-refractivity contribution in [2.24, 2.45) is 0 Å². The molecular weight excluding hydrogens is 108 g/mol. The third-order valence-corrected chi connectivity index (χ3v) is 2.26. The van der Waals surface area contributed by atoms with Gasteiger partial charge in [-0.3, -0.25) is 0 Å². The number of rotatable bonds is 1. The molecule has 1 unspecified atom stereocenters. The quantitative estimate of drug-likeness (QED) is 0.512. The predicted molar refractivity (Wildman–Crippen MR) is 32.2 cm³/mol. The Bertz CT molecular complexity index is 50.0. The van der Waals surface area contributed by atoms with Crippen molar-refractivity contribution in [1.82, 2.24) is 0 Å². The Hall–Kier alpha value is 0.310. The smallest absolute Gasteiger partial charge is 0.0704 e. The largest absolute Gasteiger partial charge is 0.375 e. The summed E-state index contributed by atoms with van der Waals surface area (Å²) in [5.74, 6) is 2.39. The standard InChI is InChI=1S/C5H9OS/c1-6-5-2-3-7-4-5/h5H,1-4H2. The fourth-order valence-corrected chi connectivity index (χ4v) is 1.77. The number of hydrogen-bond donors (Lipinski definition) is 0. The van der Waals surface area contributed by atoms with Gasteiger partial charge in [-0.25, -0.2) is 0 Å². The zero-order chi connectivity index (χ0) is 5.11. The van der Waals surface area contributed by atoms with E-state index in [4.69, 9.17) is 4.74 Å². The molecule has 1 heterocycles. The van der Waals surface area contributed by atoms with Gasteiger partial charge in [0, 0.05) is 5.75 Å². The molecule has 0 aromatic heterocycles. The summed E-state index contributed by atoms with van der Waals surface area (Å²) in [6.07, 6.45) is 1.64. The first-order chi connectivity index (χ1) is 3.43. The van der Waals surface area contributed by atoms with Crippen LogP contribution in [0.1, 0.15) is 6.42 Å². The molecule has 1 atom stereocenters. The van der Waals surface area contributed by atoms with Gasteiger partial charge < -0.3 is 4.74 Å². The Kier molecular flexibility index (Phi) is 2.00. The lowest BCUT2D eigenvalue weighted by Gasteiger charge is -2.00. The summed E-state index contributed by atoms with van der Waals surface area (Å²) in [5.41, 5.74) is 0. The zero-order valence-corrected chi connectivity index (χ0v) is 5.04. The number of ether oxygens (including phenoxy) is 1. The summed E-state index contributed by atoms with van der Waals surface area (Å²) >= 11 is 1.94. The van der Waals surface area contributed by atoms with E-state index in [1.807, 2.05) is 11.8 Å². The molecule has 1 aliphatic rings. The Morgan fingerprint density at radius 1 is 1.71 bits per heavy atom. The molecule has 0 aromatic carbocycles. The fourth-order valence-electron chi connectivity index (χ4n) is 0.644. The van der Waals surface area contributed by atoms with E-state index in [1.165, 1.54) is 12.2 Å². The van der Waals surface area contributed by atoms with Crippen LogP contribution in [0.25, 0.3) is 0 Å². The summed E-state index contributed by atoms with van der Waals surface area (Å²) in [6, 6.07) is 0. The van der Waals surface area contributed by atoms with E-state index in [1.54, 1.807) is 0 Å². The first-order valence-corrected chi connectivity index (χ1v) is 3.57. The second kappa shape index (κ2) is 2.58. The van der Waals surface area contributed by atoms with Gasteiger partial charge in [-0.2, -0.15) is 11.8 Å². The van der Waals surface area contributed by atoms with Gasteiger partial charge in [0.25, 0.3) is 0 Å². The molecule has 1 saturated heterocycles. The van der Waals surface area contributed by atoms with Gasteiger partial charge in [0.15, 0.2) is 0 Å². The molecule has 0 aliphatic carbocycles. The molecule has 0 saturated carbocycles. The topological polar surface area (TPSA) is 9.23 Å². The van der Waals surface area contributed by atoms with Crippen LogP contribution in [0.15, 0.2) is 0 Å². The Labute approximate surface area is 48.4 Å². The molecule has 0 amide bonds.